The second-order valence-electron chi connectivity index (χ2n) is 16.2. The molecule has 0 aliphatic heterocycles. The number of aromatic nitrogens is 6. The Morgan fingerprint density at radius 1 is 0.521 bits per heavy atom. The van der Waals surface area contributed by atoms with Crippen molar-refractivity contribution in [3.8, 4) is 6.07 Å². The molecule has 71 heavy (non-hydrogen) atoms. The molecule has 0 aliphatic rings. The minimum atomic E-state index is -0.558. The van der Waals surface area contributed by atoms with E-state index in [1.165, 1.54) is 0 Å². The maximum Gasteiger partial charge on any atom is 0.267 e. The van der Waals surface area contributed by atoms with E-state index in [4.69, 9.17) is 27.6 Å². The van der Waals surface area contributed by atoms with Crippen LogP contribution in [0.4, 0.5) is 11.6 Å². The first-order valence-corrected chi connectivity index (χ1v) is 22.2. The van der Waals surface area contributed by atoms with E-state index in [1.807, 2.05) is 103 Å². The summed E-state index contributed by atoms with van der Waals surface area (Å²) in [4.78, 5) is 62.5. The molecule has 16 heteroatoms. The summed E-state index contributed by atoms with van der Waals surface area (Å²) in [5.74, 6) is 0.0831. The molecule has 0 atom stereocenters. The summed E-state index contributed by atoms with van der Waals surface area (Å²) in [6, 6.07) is 43.2. The zero-order valence-electron chi connectivity index (χ0n) is 38.4. The second-order valence-corrected chi connectivity index (χ2v) is 16.2. The van der Waals surface area contributed by atoms with E-state index < -0.39 is 5.91 Å². The summed E-state index contributed by atoms with van der Waals surface area (Å²) < 4.78 is 0. The molecular formula is C55H46N12O4. The molecule has 0 fully saturated rings. The SMILES string of the molecule is CO.N#Cc1ccc2cc(Cc3cc(C(=O)NCc4ccc5c(N)nccc5c4)ccn3)ccc2n1.NC(=O)c1ccc2cc(Cc3cc(C(=O)NCc4ccc5c(N)nccc5c4)ccn3)ccc2n1. The summed E-state index contributed by atoms with van der Waals surface area (Å²) in [6.07, 6.45) is 7.76. The molecule has 0 unspecified atom stereocenters. The van der Waals surface area contributed by atoms with Crippen molar-refractivity contribution in [2.24, 2.45) is 5.73 Å². The number of primary amides is 1. The number of carbonyl (C=O) groups is 3. The van der Waals surface area contributed by atoms with Crippen molar-refractivity contribution in [2.45, 2.75) is 25.9 Å². The molecule has 350 valence electrons. The number of nitriles is 1. The van der Waals surface area contributed by atoms with Crippen LogP contribution in [0.1, 0.15) is 70.5 Å². The van der Waals surface area contributed by atoms with Crippen LogP contribution in [0, 0.1) is 11.3 Å². The van der Waals surface area contributed by atoms with Crippen molar-refractivity contribution < 1.29 is 19.5 Å². The van der Waals surface area contributed by atoms with Gasteiger partial charge in [0.2, 0.25) is 0 Å². The highest BCUT2D eigenvalue weighted by Crippen LogP contribution is 2.23. The molecular weight excluding hydrogens is 893 g/mol. The van der Waals surface area contributed by atoms with E-state index in [1.54, 1.807) is 55.1 Å². The van der Waals surface area contributed by atoms with Crippen molar-refractivity contribution in [1.29, 1.82) is 5.26 Å². The lowest BCUT2D eigenvalue weighted by Gasteiger charge is -2.09. The Kier molecular flexibility index (Phi) is 14.8. The number of nitrogens with two attached hydrogens (primary N) is 3. The predicted molar refractivity (Wildman–Crippen MR) is 274 cm³/mol. The van der Waals surface area contributed by atoms with Crippen molar-refractivity contribution in [3.63, 3.8) is 0 Å². The van der Waals surface area contributed by atoms with E-state index in [2.05, 4.69) is 46.6 Å². The van der Waals surface area contributed by atoms with Gasteiger partial charge in [-0.2, -0.15) is 5.26 Å². The van der Waals surface area contributed by atoms with Crippen molar-refractivity contribution >= 4 is 72.7 Å². The van der Waals surface area contributed by atoms with Crippen LogP contribution in [0.3, 0.4) is 0 Å². The number of nitrogens with zero attached hydrogens (tertiary/aromatic N) is 7. The number of nitrogens with one attached hydrogen (secondary N) is 2. The molecule has 4 aromatic carbocycles. The van der Waals surface area contributed by atoms with Gasteiger partial charge < -0.3 is 32.9 Å². The third kappa shape index (κ3) is 11.7. The number of aliphatic hydroxyl groups excluding tert-OH is 1. The maximum absolute atomic E-state index is 12.8. The van der Waals surface area contributed by atoms with Crippen LogP contribution in [0.2, 0.25) is 0 Å². The Labute approximate surface area is 407 Å². The minimum Gasteiger partial charge on any atom is -0.400 e. The third-order valence-electron chi connectivity index (χ3n) is 11.4. The highest BCUT2D eigenvalue weighted by molar-refractivity contribution is 5.96. The van der Waals surface area contributed by atoms with Gasteiger partial charge in [-0.3, -0.25) is 24.4 Å². The molecule has 6 aromatic heterocycles. The van der Waals surface area contributed by atoms with Crippen LogP contribution in [0.15, 0.2) is 158 Å². The first-order valence-electron chi connectivity index (χ1n) is 22.2. The lowest BCUT2D eigenvalue weighted by atomic mass is 10.0. The fraction of sp³-hybridized carbons (Fsp3) is 0.0909. The number of hydrogen-bond donors (Lipinski definition) is 6. The van der Waals surface area contributed by atoms with Gasteiger partial charge in [-0.05, 0) is 124 Å². The summed E-state index contributed by atoms with van der Waals surface area (Å²) in [5.41, 5.74) is 25.9. The highest BCUT2D eigenvalue weighted by atomic mass is 16.2. The first kappa shape index (κ1) is 47.8. The second kappa shape index (κ2) is 21.9. The average Bonchev–Trinajstić information content (AvgIpc) is 3.40. The number of hydrogen-bond acceptors (Lipinski definition) is 13. The molecule has 10 aromatic rings. The van der Waals surface area contributed by atoms with Crippen molar-refractivity contribution in [1.82, 2.24) is 40.5 Å². The standard InChI is InChI=1S/C27H22N6O2.C27H20N6O.CH4O/c28-25-22-4-1-17(12-18(22)7-10-31-25)15-32-27(35)20-8-9-30-21(14-20)13-16-2-5-23-19(11-16)3-6-24(33-23)26(29)34;28-15-22-4-3-20-11-17(2-6-25(20)33-22)13-23-14-21(8-9-30-23)27(34)32-16-18-1-5-24-19(12-18)7-10-31-26(24)29;1-2/h1-12,14H,13,15H2,(H2,28,31)(H2,29,34)(H,32,35);1-12,14H,13,16H2,(H2,29,31)(H,32,34);2H,1H3. The molecule has 0 saturated carbocycles. The normalized spacial score (nSPS) is 10.7. The minimum absolute atomic E-state index is 0.162. The van der Waals surface area contributed by atoms with Crippen molar-refractivity contribution in [3.05, 3.63) is 214 Å². The number of aliphatic hydroxyl groups is 1. The Balaban J connectivity index is 0.000000184. The van der Waals surface area contributed by atoms with Gasteiger partial charge in [0.1, 0.15) is 29.1 Å². The molecule has 10 rings (SSSR count). The smallest absolute Gasteiger partial charge is 0.267 e. The van der Waals surface area contributed by atoms with Gasteiger partial charge >= 0.3 is 0 Å². The fourth-order valence-electron chi connectivity index (χ4n) is 7.91. The molecule has 0 saturated heterocycles. The van der Waals surface area contributed by atoms with Gasteiger partial charge in [-0.25, -0.2) is 19.9 Å². The molecule has 0 spiro atoms. The van der Waals surface area contributed by atoms with Gasteiger partial charge in [0.05, 0.1) is 11.0 Å². The van der Waals surface area contributed by atoms with Crippen LogP contribution in [0.5, 0.6) is 0 Å². The average molecular weight is 939 g/mol. The maximum atomic E-state index is 12.8. The molecule has 6 heterocycles. The van der Waals surface area contributed by atoms with E-state index >= 15 is 0 Å². The van der Waals surface area contributed by atoms with Gasteiger partial charge in [0, 0.05) is 102 Å². The number of anilines is 2. The summed E-state index contributed by atoms with van der Waals surface area (Å²) in [7, 11) is 1.00. The molecule has 16 nitrogen and oxygen atoms in total. The fourth-order valence-corrected chi connectivity index (χ4v) is 7.91. The monoisotopic (exact) mass is 938 g/mol. The number of nitrogen functional groups attached to an aromatic ring is 2. The van der Waals surface area contributed by atoms with Crippen LogP contribution < -0.4 is 27.8 Å². The first-order chi connectivity index (χ1) is 34.5. The number of rotatable bonds is 11. The summed E-state index contributed by atoms with van der Waals surface area (Å²) in [5, 5.41) is 27.6. The van der Waals surface area contributed by atoms with E-state index in [0.717, 1.165) is 78.6 Å². The van der Waals surface area contributed by atoms with Gasteiger partial charge in [0.15, 0.2) is 0 Å². The Morgan fingerprint density at radius 3 is 1.46 bits per heavy atom. The van der Waals surface area contributed by atoms with Gasteiger partial charge in [0.25, 0.3) is 17.7 Å². The highest BCUT2D eigenvalue weighted by Gasteiger charge is 2.12. The Bertz CT molecular complexity index is 3670. The van der Waals surface area contributed by atoms with Gasteiger partial charge in [-0.1, -0.05) is 42.5 Å². The zero-order chi connectivity index (χ0) is 49.9. The van der Waals surface area contributed by atoms with E-state index in [0.29, 0.717) is 59.9 Å². The third-order valence-corrected chi connectivity index (χ3v) is 11.4. The predicted octanol–water partition coefficient (Wildman–Crippen LogP) is 7.14. The van der Waals surface area contributed by atoms with Crippen LogP contribution in [0.25, 0.3) is 43.4 Å². The largest absolute Gasteiger partial charge is 0.400 e. The Hall–Kier alpha value is -9.72. The quantitative estimate of drug-likeness (QED) is 0.0753. The molecule has 3 amide bonds. The molecule has 0 aliphatic carbocycles. The van der Waals surface area contributed by atoms with Crippen LogP contribution in [-0.2, 0) is 25.9 Å². The lowest BCUT2D eigenvalue weighted by molar-refractivity contribution is 0.0942. The molecule has 0 radical (unpaired) electrons. The van der Waals surface area contributed by atoms with Crippen molar-refractivity contribution in [2.75, 3.05) is 18.6 Å². The summed E-state index contributed by atoms with van der Waals surface area (Å²) in [6.45, 7) is 0.788. The number of amides is 3. The van der Waals surface area contributed by atoms with Crippen LogP contribution >= 0.6 is 0 Å². The zero-order valence-corrected chi connectivity index (χ0v) is 38.4. The lowest BCUT2D eigenvalue weighted by Crippen LogP contribution is -2.23. The van der Waals surface area contributed by atoms with Gasteiger partial charge in [-0.15, -0.1) is 0 Å². The van der Waals surface area contributed by atoms with E-state index in [-0.39, 0.29) is 17.5 Å². The number of carbonyl (C=O) groups excluding carboxylic acids is 3. The molecule has 0 bridgehead atoms. The summed E-state index contributed by atoms with van der Waals surface area (Å²) >= 11 is 0. The van der Waals surface area contributed by atoms with Crippen LogP contribution in [-0.4, -0.2) is 59.8 Å². The number of pyridine rings is 6. The molecule has 9 N–H and O–H groups in total. The van der Waals surface area contributed by atoms with E-state index in [9.17, 15) is 14.4 Å². The number of benzene rings is 4. The topological polar surface area (TPSA) is 275 Å². The number of fused-ring (bicyclic) bond motifs is 4. The Morgan fingerprint density at radius 2 is 0.972 bits per heavy atom.